The first-order valence-corrected chi connectivity index (χ1v) is 5.55. The zero-order valence-corrected chi connectivity index (χ0v) is 10.2. The second-order valence-electron chi connectivity index (χ2n) is 5.09. The molecule has 0 bridgehead atoms. The molecule has 1 aromatic rings. The first kappa shape index (κ1) is 12.2. The standard InChI is InChI=1S/C11H22N4/c1-9(2)15-10(13-8-14-15)7-11(3,4)5-6-12/h8-9H,5-7,12H2,1-4H3. The lowest BCUT2D eigenvalue weighted by molar-refractivity contribution is 0.319. The minimum Gasteiger partial charge on any atom is -0.330 e. The van der Waals surface area contributed by atoms with E-state index in [1.165, 1.54) is 0 Å². The molecule has 1 aromatic heterocycles. The van der Waals surface area contributed by atoms with Gasteiger partial charge in [0.2, 0.25) is 0 Å². The lowest BCUT2D eigenvalue weighted by Gasteiger charge is -2.23. The number of hydrogen-bond acceptors (Lipinski definition) is 3. The third-order valence-corrected chi connectivity index (χ3v) is 2.59. The fourth-order valence-electron chi connectivity index (χ4n) is 1.74. The van der Waals surface area contributed by atoms with E-state index in [0.717, 1.165) is 25.2 Å². The van der Waals surface area contributed by atoms with E-state index in [-0.39, 0.29) is 5.41 Å². The second kappa shape index (κ2) is 4.75. The van der Waals surface area contributed by atoms with E-state index in [0.29, 0.717) is 6.04 Å². The third kappa shape index (κ3) is 3.30. The average Bonchev–Trinajstić information content (AvgIpc) is 2.50. The molecule has 0 saturated heterocycles. The van der Waals surface area contributed by atoms with Gasteiger partial charge in [-0.2, -0.15) is 5.10 Å². The molecule has 0 atom stereocenters. The molecule has 4 heteroatoms. The van der Waals surface area contributed by atoms with E-state index < -0.39 is 0 Å². The van der Waals surface area contributed by atoms with Crippen molar-refractivity contribution in [3.63, 3.8) is 0 Å². The molecule has 4 nitrogen and oxygen atoms in total. The van der Waals surface area contributed by atoms with Crippen LogP contribution in [0, 0.1) is 5.41 Å². The van der Waals surface area contributed by atoms with Crippen LogP contribution in [0.4, 0.5) is 0 Å². The van der Waals surface area contributed by atoms with Gasteiger partial charge >= 0.3 is 0 Å². The summed E-state index contributed by atoms with van der Waals surface area (Å²) in [4.78, 5) is 4.32. The Labute approximate surface area is 91.9 Å². The number of nitrogens with zero attached hydrogens (tertiary/aromatic N) is 3. The summed E-state index contributed by atoms with van der Waals surface area (Å²) in [5.74, 6) is 1.06. The molecule has 0 unspecified atom stereocenters. The van der Waals surface area contributed by atoms with Crippen LogP contribution in [0.25, 0.3) is 0 Å². The molecule has 86 valence electrons. The molecule has 0 aromatic carbocycles. The Balaban J connectivity index is 2.75. The number of rotatable bonds is 5. The first-order valence-electron chi connectivity index (χ1n) is 5.55. The van der Waals surface area contributed by atoms with Crippen LogP contribution in [0.5, 0.6) is 0 Å². The smallest absolute Gasteiger partial charge is 0.138 e. The maximum absolute atomic E-state index is 5.60. The van der Waals surface area contributed by atoms with Gasteiger partial charge in [0.1, 0.15) is 12.2 Å². The Hall–Kier alpha value is -0.900. The van der Waals surface area contributed by atoms with Gasteiger partial charge < -0.3 is 5.73 Å². The van der Waals surface area contributed by atoms with E-state index in [1.54, 1.807) is 6.33 Å². The molecular weight excluding hydrogens is 188 g/mol. The summed E-state index contributed by atoms with van der Waals surface area (Å²) in [6, 6.07) is 0.371. The Kier molecular flexibility index (Phi) is 3.85. The van der Waals surface area contributed by atoms with Gasteiger partial charge in [0.15, 0.2) is 0 Å². The zero-order chi connectivity index (χ0) is 11.5. The van der Waals surface area contributed by atoms with Crippen LogP contribution in [-0.4, -0.2) is 21.3 Å². The first-order chi connectivity index (χ1) is 6.96. The maximum Gasteiger partial charge on any atom is 0.138 e. The fourth-order valence-corrected chi connectivity index (χ4v) is 1.74. The van der Waals surface area contributed by atoms with Gasteiger partial charge in [-0.1, -0.05) is 13.8 Å². The van der Waals surface area contributed by atoms with Crippen LogP contribution >= 0.6 is 0 Å². The van der Waals surface area contributed by atoms with Crippen molar-refractivity contribution in [1.82, 2.24) is 14.8 Å². The second-order valence-corrected chi connectivity index (χ2v) is 5.09. The highest BCUT2D eigenvalue weighted by Crippen LogP contribution is 2.24. The summed E-state index contributed by atoms with van der Waals surface area (Å²) in [6.45, 7) is 9.41. The maximum atomic E-state index is 5.60. The molecule has 0 aliphatic carbocycles. The number of aromatic nitrogens is 3. The lowest BCUT2D eigenvalue weighted by Crippen LogP contribution is -2.22. The Bertz CT molecular complexity index is 301. The van der Waals surface area contributed by atoms with E-state index in [2.05, 4.69) is 37.8 Å². The van der Waals surface area contributed by atoms with E-state index in [4.69, 9.17) is 5.73 Å². The van der Waals surface area contributed by atoms with Crippen LogP contribution in [0.3, 0.4) is 0 Å². The molecule has 1 rings (SSSR count). The molecule has 0 amide bonds. The highest BCUT2D eigenvalue weighted by Gasteiger charge is 2.21. The molecule has 2 N–H and O–H groups in total. The molecule has 0 saturated carbocycles. The summed E-state index contributed by atoms with van der Waals surface area (Å²) in [5.41, 5.74) is 5.80. The van der Waals surface area contributed by atoms with Crippen molar-refractivity contribution in [3.05, 3.63) is 12.2 Å². The molecule has 1 heterocycles. The molecule has 15 heavy (non-hydrogen) atoms. The van der Waals surface area contributed by atoms with Crippen molar-refractivity contribution in [2.24, 2.45) is 11.1 Å². The summed E-state index contributed by atoms with van der Waals surface area (Å²) < 4.78 is 1.98. The highest BCUT2D eigenvalue weighted by atomic mass is 15.3. The minimum absolute atomic E-state index is 0.203. The quantitative estimate of drug-likeness (QED) is 0.806. The normalized spacial score (nSPS) is 12.4. The van der Waals surface area contributed by atoms with Gasteiger partial charge in [-0.15, -0.1) is 0 Å². The van der Waals surface area contributed by atoms with Crippen molar-refractivity contribution < 1.29 is 0 Å². The minimum atomic E-state index is 0.203. The fraction of sp³-hybridized carbons (Fsp3) is 0.818. The SMILES string of the molecule is CC(C)n1ncnc1CC(C)(C)CCN. The van der Waals surface area contributed by atoms with Crippen molar-refractivity contribution in [1.29, 1.82) is 0 Å². The summed E-state index contributed by atoms with van der Waals surface area (Å²) in [5, 5.41) is 4.23. The summed E-state index contributed by atoms with van der Waals surface area (Å²) in [7, 11) is 0. The van der Waals surface area contributed by atoms with Crippen LogP contribution < -0.4 is 5.73 Å². The highest BCUT2D eigenvalue weighted by molar-refractivity contribution is 4.92. The van der Waals surface area contributed by atoms with Crippen molar-refractivity contribution >= 4 is 0 Å². The number of nitrogens with two attached hydrogens (primary N) is 1. The van der Waals surface area contributed by atoms with Crippen LogP contribution in [0.1, 0.15) is 46.0 Å². The predicted octanol–water partition coefficient (Wildman–Crippen LogP) is 1.78. The van der Waals surface area contributed by atoms with Crippen LogP contribution in [0.15, 0.2) is 6.33 Å². The Morgan fingerprint density at radius 1 is 1.47 bits per heavy atom. The third-order valence-electron chi connectivity index (χ3n) is 2.59. The largest absolute Gasteiger partial charge is 0.330 e. The van der Waals surface area contributed by atoms with E-state index in [1.807, 2.05) is 4.68 Å². The molecule has 0 aliphatic rings. The van der Waals surface area contributed by atoms with Gasteiger partial charge in [0, 0.05) is 12.5 Å². The molecular formula is C11H22N4. The van der Waals surface area contributed by atoms with Gasteiger partial charge in [-0.25, -0.2) is 9.67 Å². The topological polar surface area (TPSA) is 56.7 Å². The molecule has 0 radical (unpaired) electrons. The van der Waals surface area contributed by atoms with E-state index in [9.17, 15) is 0 Å². The van der Waals surface area contributed by atoms with Crippen molar-refractivity contribution in [2.75, 3.05) is 6.54 Å². The van der Waals surface area contributed by atoms with Crippen molar-refractivity contribution in [3.8, 4) is 0 Å². The predicted molar refractivity (Wildman–Crippen MR) is 61.6 cm³/mol. The zero-order valence-electron chi connectivity index (χ0n) is 10.2. The lowest BCUT2D eigenvalue weighted by atomic mass is 9.85. The summed E-state index contributed by atoms with van der Waals surface area (Å²) in [6.07, 6.45) is 3.58. The Morgan fingerprint density at radius 2 is 2.13 bits per heavy atom. The Morgan fingerprint density at radius 3 is 2.67 bits per heavy atom. The molecule has 0 fully saturated rings. The van der Waals surface area contributed by atoms with Gasteiger partial charge in [-0.3, -0.25) is 0 Å². The average molecular weight is 210 g/mol. The number of hydrogen-bond donors (Lipinski definition) is 1. The molecule has 0 spiro atoms. The summed E-state index contributed by atoms with van der Waals surface area (Å²) >= 11 is 0. The van der Waals surface area contributed by atoms with Gasteiger partial charge in [-0.05, 0) is 32.2 Å². The van der Waals surface area contributed by atoms with Gasteiger partial charge in [0.05, 0.1) is 0 Å². The molecule has 0 aliphatic heterocycles. The van der Waals surface area contributed by atoms with Crippen LogP contribution in [-0.2, 0) is 6.42 Å². The monoisotopic (exact) mass is 210 g/mol. The van der Waals surface area contributed by atoms with Gasteiger partial charge in [0.25, 0.3) is 0 Å². The van der Waals surface area contributed by atoms with E-state index >= 15 is 0 Å². The van der Waals surface area contributed by atoms with Crippen LogP contribution in [0.2, 0.25) is 0 Å². The van der Waals surface area contributed by atoms with Crippen molar-refractivity contribution in [2.45, 2.75) is 46.6 Å².